The van der Waals surface area contributed by atoms with Crippen LogP contribution in [0.25, 0.3) is 0 Å². The average Bonchev–Trinajstić information content (AvgIpc) is 2.65. The lowest BCUT2D eigenvalue weighted by molar-refractivity contribution is 0.0728. The third kappa shape index (κ3) is 4.17. The van der Waals surface area contributed by atoms with Crippen LogP contribution in [0.5, 0.6) is 5.75 Å². The van der Waals surface area contributed by atoms with Gasteiger partial charge in [0.05, 0.1) is 11.1 Å². The second-order valence-electron chi connectivity index (χ2n) is 5.78. The first kappa shape index (κ1) is 18.3. The van der Waals surface area contributed by atoms with Crippen molar-refractivity contribution in [3.63, 3.8) is 0 Å². The van der Waals surface area contributed by atoms with Crippen LogP contribution in [0.4, 0.5) is 14.5 Å². The predicted octanol–water partition coefficient (Wildman–Crippen LogP) is 4.74. The molecule has 136 valence electrons. The van der Waals surface area contributed by atoms with Gasteiger partial charge in [0, 0.05) is 11.8 Å². The van der Waals surface area contributed by atoms with E-state index < -0.39 is 23.5 Å². The minimum atomic E-state index is -0.853. The van der Waals surface area contributed by atoms with Gasteiger partial charge in [-0.1, -0.05) is 30.3 Å². The number of carbonyl (C=O) groups excluding carboxylic acids is 2. The van der Waals surface area contributed by atoms with Gasteiger partial charge in [-0.2, -0.15) is 0 Å². The monoisotopic (exact) mass is 367 g/mol. The van der Waals surface area contributed by atoms with Gasteiger partial charge in [-0.3, -0.25) is 4.79 Å². The Kier molecular flexibility index (Phi) is 5.26. The predicted molar refractivity (Wildman–Crippen MR) is 96.9 cm³/mol. The number of benzene rings is 3. The average molecular weight is 367 g/mol. The van der Waals surface area contributed by atoms with Crippen LogP contribution >= 0.6 is 0 Å². The van der Waals surface area contributed by atoms with Crippen molar-refractivity contribution in [2.45, 2.75) is 6.92 Å². The van der Waals surface area contributed by atoms with E-state index in [2.05, 4.69) is 5.32 Å². The highest BCUT2D eigenvalue weighted by atomic mass is 19.1. The molecule has 0 radical (unpaired) electrons. The Morgan fingerprint density at radius 1 is 0.852 bits per heavy atom. The number of rotatable bonds is 4. The second-order valence-corrected chi connectivity index (χ2v) is 5.78. The molecular formula is C21H15F2NO3. The van der Waals surface area contributed by atoms with Crippen molar-refractivity contribution in [3.8, 4) is 5.75 Å². The summed E-state index contributed by atoms with van der Waals surface area (Å²) < 4.78 is 32.7. The number of halogens is 2. The standard InChI is InChI=1S/C21H15F2NO3/c1-13-10-11-14(24-20(25)15-6-2-4-8-17(15)22)12-19(13)27-21(26)16-7-3-5-9-18(16)23/h2-12H,1H3,(H,24,25). The molecule has 0 heterocycles. The fourth-order valence-electron chi connectivity index (χ4n) is 2.41. The number of amides is 1. The molecule has 0 unspecified atom stereocenters. The minimum Gasteiger partial charge on any atom is -0.422 e. The Balaban J connectivity index is 1.80. The van der Waals surface area contributed by atoms with Crippen LogP contribution in [0.1, 0.15) is 26.3 Å². The number of anilines is 1. The van der Waals surface area contributed by atoms with Crippen LogP contribution in [0.15, 0.2) is 66.7 Å². The van der Waals surface area contributed by atoms with Crippen molar-refractivity contribution < 1.29 is 23.1 Å². The van der Waals surface area contributed by atoms with Crippen LogP contribution in [0.2, 0.25) is 0 Å². The zero-order valence-electron chi connectivity index (χ0n) is 14.3. The summed E-state index contributed by atoms with van der Waals surface area (Å²) in [4.78, 5) is 24.4. The SMILES string of the molecule is Cc1ccc(NC(=O)c2ccccc2F)cc1OC(=O)c1ccccc1F. The van der Waals surface area contributed by atoms with Crippen LogP contribution in [0.3, 0.4) is 0 Å². The van der Waals surface area contributed by atoms with Crippen LogP contribution in [-0.4, -0.2) is 11.9 Å². The highest BCUT2D eigenvalue weighted by molar-refractivity contribution is 6.04. The van der Waals surface area contributed by atoms with E-state index in [4.69, 9.17) is 4.74 Å². The Labute approximate surface area is 154 Å². The third-order valence-electron chi connectivity index (χ3n) is 3.86. The highest BCUT2D eigenvalue weighted by Crippen LogP contribution is 2.25. The van der Waals surface area contributed by atoms with Crippen molar-refractivity contribution in [3.05, 3.63) is 95.1 Å². The van der Waals surface area contributed by atoms with Crippen molar-refractivity contribution in [2.75, 3.05) is 5.32 Å². The molecule has 6 heteroatoms. The largest absolute Gasteiger partial charge is 0.422 e. The number of aryl methyl sites for hydroxylation is 1. The molecular weight excluding hydrogens is 352 g/mol. The summed E-state index contributed by atoms with van der Waals surface area (Å²) in [6.07, 6.45) is 0. The van der Waals surface area contributed by atoms with Crippen LogP contribution in [-0.2, 0) is 0 Å². The number of nitrogens with one attached hydrogen (secondary N) is 1. The van der Waals surface area contributed by atoms with E-state index in [0.717, 1.165) is 6.07 Å². The Bertz CT molecular complexity index is 1020. The summed E-state index contributed by atoms with van der Waals surface area (Å²) in [5, 5.41) is 2.55. The van der Waals surface area contributed by atoms with Gasteiger partial charge >= 0.3 is 5.97 Å². The molecule has 0 saturated carbocycles. The first-order valence-electron chi connectivity index (χ1n) is 8.09. The fourth-order valence-corrected chi connectivity index (χ4v) is 2.41. The molecule has 3 rings (SSSR count). The summed E-state index contributed by atoms with van der Waals surface area (Å²) in [5.74, 6) is -2.66. The molecule has 3 aromatic carbocycles. The van der Waals surface area contributed by atoms with E-state index in [0.29, 0.717) is 11.3 Å². The summed E-state index contributed by atoms with van der Waals surface area (Å²) in [5.41, 5.74) is 0.620. The van der Waals surface area contributed by atoms with Gasteiger partial charge in [0.15, 0.2) is 0 Å². The molecule has 0 bridgehead atoms. The van der Waals surface area contributed by atoms with Gasteiger partial charge in [0.25, 0.3) is 5.91 Å². The van der Waals surface area contributed by atoms with Gasteiger partial charge in [0.1, 0.15) is 17.4 Å². The number of hydrogen-bond acceptors (Lipinski definition) is 3. The molecule has 4 nitrogen and oxygen atoms in total. The van der Waals surface area contributed by atoms with E-state index in [1.54, 1.807) is 25.1 Å². The number of hydrogen-bond donors (Lipinski definition) is 1. The zero-order valence-corrected chi connectivity index (χ0v) is 14.3. The quantitative estimate of drug-likeness (QED) is 0.535. The third-order valence-corrected chi connectivity index (χ3v) is 3.86. The Morgan fingerprint density at radius 3 is 2.07 bits per heavy atom. The smallest absolute Gasteiger partial charge is 0.346 e. The molecule has 0 atom stereocenters. The lowest BCUT2D eigenvalue weighted by Crippen LogP contribution is -2.14. The molecule has 1 amide bonds. The zero-order chi connectivity index (χ0) is 19.4. The minimum absolute atomic E-state index is 0.108. The van der Waals surface area contributed by atoms with Crippen LogP contribution in [0, 0.1) is 18.6 Å². The number of ether oxygens (including phenoxy) is 1. The maximum absolute atomic E-state index is 13.7. The highest BCUT2D eigenvalue weighted by Gasteiger charge is 2.16. The Morgan fingerprint density at radius 2 is 1.44 bits per heavy atom. The molecule has 3 aromatic rings. The fraction of sp³-hybridized carbons (Fsp3) is 0.0476. The van der Waals surface area contributed by atoms with Crippen molar-refractivity contribution >= 4 is 17.6 Å². The van der Waals surface area contributed by atoms with Gasteiger partial charge in [-0.15, -0.1) is 0 Å². The molecule has 0 aromatic heterocycles. The lowest BCUT2D eigenvalue weighted by atomic mass is 10.1. The summed E-state index contributed by atoms with van der Waals surface area (Å²) in [7, 11) is 0. The van der Waals surface area contributed by atoms with E-state index in [-0.39, 0.29) is 16.9 Å². The van der Waals surface area contributed by atoms with Crippen molar-refractivity contribution in [2.24, 2.45) is 0 Å². The van der Waals surface area contributed by atoms with E-state index >= 15 is 0 Å². The first-order chi connectivity index (χ1) is 13.0. The lowest BCUT2D eigenvalue weighted by Gasteiger charge is -2.11. The second kappa shape index (κ2) is 7.78. The molecule has 0 fully saturated rings. The maximum Gasteiger partial charge on any atom is 0.346 e. The molecule has 0 aliphatic rings. The maximum atomic E-state index is 13.7. The van der Waals surface area contributed by atoms with E-state index in [1.807, 2.05) is 0 Å². The molecule has 1 N–H and O–H groups in total. The molecule has 0 spiro atoms. The van der Waals surface area contributed by atoms with Gasteiger partial charge < -0.3 is 10.1 Å². The molecule has 27 heavy (non-hydrogen) atoms. The van der Waals surface area contributed by atoms with Crippen molar-refractivity contribution in [1.29, 1.82) is 0 Å². The molecule has 0 saturated heterocycles. The number of carbonyl (C=O) groups is 2. The van der Waals surface area contributed by atoms with Crippen LogP contribution < -0.4 is 10.1 Å². The first-order valence-corrected chi connectivity index (χ1v) is 8.09. The number of esters is 1. The van der Waals surface area contributed by atoms with E-state index in [1.165, 1.54) is 42.5 Å². The topological polar surface area (TPSA) is 55.4 Å². The van der Waals surface area contributed by atoms with Gasteiger partial charge in [-0.05, 0) is 42.8 Å². The molecule has 0 aliphatic heterocycles. The molecule has 0 aliphatic carbocycles. The van der Waals surface area contributed by atoms with E-state index in [9.17, 15) is 18.4 Å². The summed E-state index contributed by atoms with van der Waals surface area (Å²) in [6.45, 7) is 1.70. The van der Waals surface area contributed by atoms with Gasteiger partial charge in [0.2, 0.25) is 0 Å². The summed E-state index contributed by atoms with van der Waals surface area (Å²) in [6, 6.07) is 15.7. The Hall–Kier alpha value is -3.54. The van der Waals surface area contributed by atoms with Gasteiger partial charge in [-0.25, -0.2) is 13.6 Å². The van der Waals surface area contributed by atoms with Crippen molar-refractivity contribution in [1.82, 2.24) is 0 Å². The summed E-state index contributed by atoms with van der Waals surface area (Å²) >= 11 is 0. The normalized spacial score (nSPS) is 10.3.